The highest BCUT2D eigenvalue weighted by molar-refractivity contribution is 6.05. The summed E-state index contributed by atoms with van der Waals surface area (Å²) < 4.78 is 0. The van der Waals surface area contributed by atoms with Gasteiger partial charge in [-0.15, -0.1) is 0 Å². The average molecular weight is 1680 g/mol. The van der Waals surface area contributed by atoms with Crippen LogP contribution in [0.4, 0.5) is 46.0 Å². The quantitative estimate of drug-likeness (QED) is 0.0362. The summed E-state index contributed by atoms with van der Waals surface area (Å²) in [6.07, 6.45) is 15.9. The Labute approximate surface area is 744 Å². The summed E-state index contributed by atoms with van der Waals surface area (Å²) in [6.45, 7) is 37.8. The zero-order valence-corrected chi connectivity index (χ0v) is 76.4. The van der Waals surface area contributed by atoms with Crippen LogP contribution in [-0.4, -0.2) is 163 Å². The number of para-hydroxylation sites is 4. The normalized spacial score (nSPS) is 16.9. The first-order valence-corrected chi connectivity index (χ1v) is 46.7. The van der Waals surface area contributed by atoms with Gasteiger partial charge >= 0.3 is 0 Å². The van der Waals surface area contributed by atoms with Crippen LogP contribution in [0.5, 0.6) is 0 Å². The molecule has 18 heteroatoms. The predicted octanol–water partition coefficient (Wildman–Crippen LogP) is 20.9. The van der Waals surface area contributed by atoms with E-state index in [0.717, 1.165) is 153 Å². The number of amides is 1. The van der Waals surface area contributed by atoms with E-state index in [4.69, 9.17) is 19.9 Å². The second kappa shape index (κ2) is 42.0. The lowest BCUT2D eigenvalue weighted by Crippen LogP contribution is -2.49. The van der Waals surface area contributed by atoms with E-state index >= 15 is 0 Å². The van der Waals surface area contributed by atoms with Gasteiger partial charge in [0.1, 0.15) is 23.3 Å². The molecule has 7 N–H and O–H groups in total. The van der Waals surface area contributed by atoms with Crippen LogP contribution in [0.25, 0.3) is 43.6 Å². The molecule has 6 aliphatic heterocycles. The van der Waals surface area contributed by atoms with E-state index in [-0.39, 0.29) is 17.0 Å². The first kappa shape index (κ1) is 89.1. The Kier molecular flexibility index (Phi) is 30.0. The lowest BCUT2D eigenvalue weighted by atomic mass is 9.99. The molecule has 0 spiro atoms. The van der Waals surface area contributed by atoms with Crippen molar-refractivity contribution in [3.05, 3.63) is 263 Å². The molecule has 0 unspecified atom stereocenters. The van der Waals surface area contributed by atoms with Gasteiger partial charge in [-0.05, 0) is 238 Å². The van der Waals surface area contributed by atoms with E-state index in [2.05, 4.69) is 306 Å². The molecule has 18 rings (SSSR count). The highest BCUT2D eigenvalue weighted by atomic mass is 16.1. The van der Waals surface area contributed by atoms with E-state index in [1.807, 2.05) is 55.5 Å². The number of hydrogen-bond donors (Lipinski definition) is 7. The Hall–Kier alpha value is -10.7. The second-order valence-corrected chi connectivity index (χ2v) is 38.0. The molecule has 1 amide bonds. The van der Waals surface area contributed by atoms with Gasteiger partial charge in [-0.2, -0.15) is 0 Å². The number of benzene rings is 8. The number of aryl methyl sites for hydroxylation is 4. The fourth-order valence-corrected chi connectivity index (χ4v) is 18.9. The number of piperidine rings is 5. The molecule has 12 aromatic rings. The zero-order chi connectivity index (χ0) is 86.8. The van der Waals surface area contributed by atoms with Crippen molar-refractivity contribution in [2.45, 2.75) is 214 Å². The van der Waals surface area contributed by atoms with Crippen LogP contribution in [0, 0.1) is 20.8 Å². The second-order valence-electron chi connectivity index (χ2n) is 38.0. The third-order valence-electron chi connectivity index (χ3n) is 25.9. The number of fused-ring (bicyclic) bond motifs is 4. The highest BCUT2D eigenvalue weighted by Gasteiger charge is 2.31. The van der Waals surface area contributed by atoms with E-state index < -0.39 is 0 Å². The molecular weight excluding hydrogens is 1540 g/mol. The Bertz CT molecular complexity index is 5450. The van der Waals surface area contributed by atoms with Gasteiger partial charge in [0, 0.05) is 187 Å². The molecule has 0 atom stereocenters. The number of hydrogen-bond acceptors (Lipinski definition) is 17. The Morgan fingerprint density at radius 3 is 1.00 bits per heavy atom. The smallest absolute Gasteiger partial charge is 0.256 e. The minimum absolute atomic E-state index is 0.129. The molecule has 0 radical (unpaired) electrons. The fraction of sp³-hybridized carbons (Fsp3) is 0.430. The van der Waals surface area contributed by atoms with E-state index in [1.54, 1.807) is 0 Å². The highest BCUT2D eigenvalue weighted by Crippen LogP contribution is 2.38. The predicted molar refractivity (Wildman–Crippen MR) is 527 cm³/mol. The first-order chi connectivity index (χ1) is 60.6. The van der Waals surface area contributed by atoms with Gasteiger partial charge < -0.3 is 66.6 Å². The number of carbonyl (C=O) groups is 1. The monoisotopic (exact) mass is 1680 g/mol. The molecule has 6 aliphatic rings. The van der Waals surface area contributed by atoms with Crippen LogP contribution < -0.4 is 56.8 Å². The minimum atomic E-state index is -0.137. The molecule has 656 valence electrons. The number of rotatable bonds is 21. The van der Waals surface area contributed by atoms with Crippen LogP contribution in [-0.2, 0) is 26.1 Å². The van der Waals surface area contributed by atoms with Gasteiger partial charge in [0.2, 0.25) is 0 Å². The Balaban J connectivity index is 0.000000129. The van der Waals surface area contributed by atoms with E-state index in [1.165, 1.54) is 157 Å². The molecule has 0 aliphatic carbocycles. The van der Waals surface area contributed by atoms with Crippen LogP contribution in [0.15, 0.2) is 218 Å². The standard InChI is InChI=1S/C28H37N5.C27H36N4.C26H32N4O.C26H32N4/c1-21-7-9-22(10-8-21)20-29-28-19-27(25-5-3-4-6-26(25)31-28)33-17-13-24(14-18-33)30-23-11-15-32(2)16-12-23;1-5-20-10-12-21(13-11-20)19-28-26-18-25(23-8-6-7-9-24(23)29-26)31-16-14-22(15-17-31)30-27(2,3)4;1-18-9-11-19(12-10-18)25(31)28-24-17-23(21-7-5-6-8-22(21)27-24)30-15-13-20(14-16-30)29-26(2,3)4;1-20-8-10-21(11-9-20)19-27-26-18-25(23-6-2-3-7-24(23)28-26)30-16-12-22(13-17-30)29-14-4-5-15-29/h3-10,19,23-24,30H,11-18,20H2,1-2H3,(H,29,31);6-13,18,22,30H,5,14-17,19H2,1-4H3,(H,28,29);5-12,17,20,29H,13-16H2,1-4H3,(H,27,28,31);2-3,6-11,18,22H,4-5,12-17,19H2,1H3,(H,27,28). The average Bonchev–Trinajstić information content (AvgIpc) is 1.29. The number of nitrogens with zero attached hydrogens (tertiary/aromatic N) is 10. The number of likely N-dealkylation sites (tertiary alicyclic amines) is 2. The van der Waals surface area contributed by atoms with Gasteiger partial charge in [0.05, 0.1) is 22.1 Å². The third-order valence-corrected chi connectivity index (χ3v) is 25.9. The Morgan fingerprint density at radius 2 is 0.648 bits per heavy atom. The van der Waals surface area contributed by atoms with Gasteiger partial charge in [-0.3, -0.25) is 4.79 Å². The molecule has 0 bridgehead atoms. The molecule has 6 fully saturated rings. The van der Waals surface area contributed by atoms with Crippen LogP contribution in [0.2, 0.25) is 0 Å². The summed E-state index contributed by atoms with van der Waals surface area (Å²) in [5.74, 6) is 3.32. The molecule has 125 heavy (non-hydrogen) atoms. The van der Waals surface area contributed by atoms with Crippen molar-refractivity contribution < 1.29 is 4.79 Å². The van der Waals surface area contributed by atoms with Crippen molar-refractivity contribution in [1.29, 1.82) is 0 Å². The Morgan fingerprint density at radius 1 is 0.352 bits per heavy atom. The molecule has 10 heterocycles. The van der Waals surface area contributed by atoms with Gasteiger partial charge in [0.15, 0.2) is 0 Å². The lowest BCUT2D eigenvalue weighted by Gasteiger charge is -2.38. The summed E-state index contributed by atoms with van der Waals surface area (Å²) in [5.41, 5.74) is 19.0. The van der Waals surface area contributed by atoms with Crippen molar-refractivity contribution in [1.82, 2.24) is 45.7 Å². The number of carbonyl (C=O) groups excluding carboxylic acids is 1. The minimum Gasteiger partial charge on any atom is -0.371 e. The van der Waals surface area contributed by atoms with Crippen molar-refractivity contribution in [2.24, 2.45) is 0 Å². The molecule has 6 saturated heterocycles. The van der Waals surface area contributed by atoms with Gasteiger partial charge in [-0.25, -0.2) is 19.9 Å². The number of nitrogens with one attached hydrogen (secondary N) is 7. The van der Waals surface area contributed by atoms with Crippen molar-refractivity contribution in [3.8, 4) is 0 Å². The van der Waals surface area contributed by atoms with Crippen LogP contribution >= 0.6 is 0 Å². The summed E-state index contributed by atoms with van der Waals surface area (Å²) >= 11 is 0. The first-order valence-electron chi connectivity index (χ1n) is 46.7. The van der Waals surface area contributed by atoms with Crippen LogP contribution in [0.3, 0.4) is 0 Å². The maximum Gasteiger partial charge on any atom is 0.256 e. The van der Waals surface area contributed by atoms with Crippen molar-refractivity contribution in [3.63, 3.8) is 0 Å². The largest absolute Gasteiger partial charge is 0.371 e. The maximum atomic E-state index is 12.8. The number of aromatic nitrogens is 4. The fourth-order valence-electron chi connectivity index (χ4n) is 18.9. The van der Waals surface area contributed by atoms with E-state index in [0.29, 0.717) is 35.5 Å². The zero-order valence-electron chi connectivity index (χ0n) is 76.4. The SMILES string of the molecule is CCc1ccc(CNc2cc(N3CCC(NC(C)(C)C)CC3)c3ccccc3n2)cc1.Cc1ccc(C(=O)Nc2cc(N3CCC(NC(C)(C)C)CC3)c3ccccc3n2)cc1.Cc1ccc(CNc2cc(N3CCC(N4CCCC4)CC3)c3ccccc3n2)cc1.Cc1ccc(CNc2cc(N3CCC(NC4CCN(C)CC4)CC3)c3ccccc3n2)cc1. The van der Waals surface area contributed by atoms with Crippen molar-refractivity contribution >= 4 is 95.5 Å². The summed E-state index contributed by atoms with van der Waals surface area (Å²) in [7, 11) is 2.23. The maximum absolute atomic E-state index is 12.8. The molecule has 18 nitrogen and oxygen atoms in total. The summed E-state index contributed by atoms with van der Waals surface area (Å²) in [6, 6.07) is 79.6. The summed E-state index contributed by atoms with van der Waals surface area (Å²) in [5, 5.41) is 30.0. The number of pyridine rings is 4. The lowest BCUT2D eigenvalue weighted by molar-refractivity contribution is 0.102. The summed E-state index contributed by atoms with van der Waals surface area (Å²) in [4.78, 5) is 47.4. The van der Waals surface area contributed by atoms with Crippen LogP contribution in [0.1, 0.15) is 175 Å². The number of anilines is 8. The molecule has 8 aromatic carbocycles. The molecule has 4 aromatic heterocycles. The topological polar surface area (TPSA) is 172 Å². The van der Waals surface area contributed by atoms with Gasteiger partial charge in [-0.1, -0.05) is 181 Å². The molecule has 0 saturated carbocycles. The van der Waals surface area contributed by atoms with Gasteiger partial charge in [0.25, 0.3) is 5.91 Å². The van der Waals surface area contributed by atoms with E-state index in [9.17, 15) is 4.79 Å². The third kappa shape index (κ3) is 24.9. The van der Waals surface area contributed by atoms with Crippen molar-refractivity contribution in [2.75, 3.05) is 126 Å². The molecular formula is C107H137N17O.